The molecule has 0 atom stereocenters. The molecule has 0 aliphatic heterocycles. The van der Waals surface area contributed by atoms with Crippen molar-refractivity contribution in [1.29, 1.82) is 0 Å². The van der Waals surface area contributed by atoms with Gasteiger partial charge in [0.2, 0.25) is 5.78 Å². The Morgan fingerprint density at radius 2 is 1.15 bits per heavy atom. The fourth-order valence-corrected chi connectivity index (χ4v) is 2.48. The lowest BCUT2D eigenvalue weighted by Crippen LogP contribution is -2.38. The molecule has 0 aromatic heterocycles. The number of ketones is 2. The molecule has 0 saturated carbocycles. The minimum atomic E-state index is -1.47. The van der Waals surface area contributed by atoms with Gasteiger partial charge in [0.15, 0.2) is 11.4 Å². The molecule has 2 rings (SSSR count). The summed E-state index contributed by atoms with van der Waals surface area (Å²) < 4.78 is 5.78. The summed E-state index contributed by atoms with van der Waals surface area (Å²) in [5.74, 6) is -1.40. The minimum Gasteiger partial charge on any atom is -0.480 e. The predicted molar refractivity (Wildman–Crippen MR) is 99.5 cm³/mol. The summed E-state index contributed by atoms with van der Waals surface area (Å²) in [5.41, 5.74) is -1.91. The molecule has 0 radical (unpaired) electrons. The summed E-state index contributed by atoms with van der Waals surface area (Å²) in [5, 5.41) is 18.7. The lowest BCUT2D eigenvalue weighted by molar-refractivity contribution is 0.0487. The average Bonchev–Trinajstić information content (AvgIpc) is 2.60. The first-order valence-corrected chi connectivity index (χ1v) is 8.36. The molecule has 0 fully saturated rings. The zero-order chi connectivity index (χ0) is 20.4. The molecule has 0 amide bonds. The number of benzene rings is 2. The first-order valence-electron chi connectivity index (χ1n) is 8.36. The van der Waals surface area contributed by atoms with Crippen LogP contribution in [0, 0.1) is 0 Å². The highest BCUT2D eigenvalue weighted by molar-refractivity contribution is 6.03. The van der Waals surface area contributed by atoms with Crippen molar-refractivity contribution in [2.75, 3.05) is 0 Å². The number of hydrogen-bond acceptors (Lipinski definition) is 5. The van der Waals surface area contributed by atoms with Gasteiger partial charge in [0.05, 0.1) is 5.56 Å². The van der Waals surface area contributed by atoms with Crippen LogP contribution in [0.5, 0.6) is 5.75 Å². The van der Waals surface area contributed by atoms with E-state index in [2.05, 4.69) is 0 Å². The van der Waals surface area contributed by atoms with Gasteiger partial charge >= 0.3 is 5.97 Å². The van der Waals surface area contributed by atoms with Crippen molar-refractivity contribution >= 4 is 17.5 Å². The van der Waals surface area contributed by atoms with Crippen LogP contribution in [0.1, 0.15) is 58.8 Å². The highest BCUT2D eigenvalue weighted by Gasteiger charge is 2.31. The van der Waals surface area contributed by atoms with Crippen LogP contribution in [0.4, 0.5) is 0 Å². The maximum atomic E-state index is 12.7. The molecule has 6 nitrogen and oxygen atoms in total. The number of carbonyl (C=O) groups is 3. The Morgan fingerprint density at radius 1 is 0.741 bits per heavy atom. The van der Waals surface area contributed by atoms with Gasteiger partial charge in [0.1, 0.15) is 11.4 Å². The lowest BCUT2D eigenvalue weighted by atomic mass is 9.95. The van der Waals surface area contributed by atoms with E-state index in [1.54, 1.807) is 26.0 Å². The molecule has 0 unspecified atom stereocenters. The van der Waals surface area contributed by atoms with Gasteiger partial charge in [-0.2, -0.15) is 0 Å². The Hall–Kier alpha value is -2.99. The molecule has 0 saturated heterocycles. The Bertz CT molecular complexity index is 855. The van der Waals surface area contributed by atoms with Crippen molar-refractivity contribution < 1.29 is 29.3 Å². The first-order chi connectivity index (χ1) is 12.4. The summed E-state index contributed by atoms with van der Waals surface area (Å²) in [6.45, 7) is 6.04. The van der Waals surface area contributed by atoms with E-state index in [0.717, 1.165) is 0 Å². The summed E-state index contributed by atoms with van der Waals surface area (Å²) in [6.07, 6.45) is 0. The van der Waals surface area contributed by atoms with Gasteiger partial charge in [-0.15, -0.1) is 0 Å². The smallest absolute Gasteiger partial charge is 0.335 e. The molecule has 2 N–H and O–H groups in total. The summed E-state index contributed by atoms with van der Waals surface area (Å²) in [7, 11) is 0. The predicted octanol–water partition coefficient (Wildman–Crippen LogP) is 3.38. The molecular formula is C21H22O6. The summed E-state index contributed by atoms with van der Waals surface area (Å²) >= 11 is 0. The largest absolute Gasteiger partial charge is 0.480 e. The molecule has 0 bridgehead atoms. The number of Topliss-reactive ketones (excluding diaryl/α,β-unsaturated/α-hetero) is 2. The van der Waals surface area contributed by atoms with E-state index in [-0.39, 0.29) is 11.3 Å². The highest BCUT2D eigenvalue weighted by Crippen LogP contribution is 2.24. The number of aromatic carboxylic acids is 1. The standard InChI is InChI=1S/C21H22O6/c1-20(2,26)17(22)13-9-11-16(12-10-13)27-21(3,4)18(23)14-5-7-15(8-6-14)19(24)25/h5-12,26H,1-4H3,(H,24,25). The van der Waals surface area contributed by atoms with Crippen LogP contribution in [0.15, 0.2) is 48.5 Å². The Morgan fingerprint density at radius 3 is 1.59 bits per heavy atom. The number of rotatable bonds is 7. The van der Waals surface area contributed by atoms with Crippen molar-refractivity contribution in [2.24, 2.45) is 0 Å². The second-order valence-electron chi connectivity index (χ2n) is 7.24. The molecule has 0 aliphatic rings. The van der Waals surface area contributed by atoms with Gasteiger partial charge in [-0.05, 0) is 64.1 Å². The molecule has 0 aliphatic carbocycles. The Kier molecular flexibility index (Phi) is 5.51. The monoisotopic (exact) mass is 370 g/mol. The SMILES string of the molecule is CC(C)(O)C(=O)c1ccc(OC(C)(C)C(=O)c2ccc(C(=O)O)cc2)cc1. The number of carbonyl (C=O) groups excluding carboxylic acids is 2. The van der Waals surface area contributed by atoms with E-state index in [1.165, 1.54) is 50.2 Å². The second-order valence-corrected chi connectivity index (χ2v) is 7.24. The van der Waals surface area contributed by atoms with Gasteiger partial charge in [-0.25, -0.2) is 4.79 Å². The van der Waals surface area contributed by atoms with Crippen molar-refractivity contribution in [1.82, 2.24) is 0 Å². The first kappa shape index (κ1) is 20.3. The molecule has 6 heteroatoms. The molecule has 2 aromatic rings. The van der Waals surface area contributed by atoms with E-state index in [4.69, 9.17) is 9.84 Å². The van der Waals surface area contributed by atoms with Crippen LogP contribution >= 0.6 is 0 Å². The molecule has 0 heterocycles. The zero-order valence-corrected chi connectivity index (χ0v) is 15.6. The maximum Gasteiger partial charge on any atom is 0.335 e. The molecule has 27 heavy (non-hydrogen) atoms. The number of aliphatic hydroxyl groups is 1. The minimum absolute atomic E-state index is 0.0948. The lowest BCUT2D eigenvalue weighted by Gasteiger charge is -2.25. The number of carboxylic acid groups (broad SMARTS) is 1. The fourth-order valence-electron chi connectivity index (χ4n) is 2.48. The molecule has 142 valence electrons. The van der Waals surface area contributed by atoms with Crippen LogP contribution in [0.2, 0.25) is 0 Å². The van der Waals surface area contributed by atoms with E-state index in [9.17, 15) is 19.5 Å². The third-order valence-electron chi connectivity index (χ3n) is 3.99. The van der Waals surface area contributed by atoms with E-state index >= 15 is 0 Å². The Balaban J connectivity index is 2.16. The normalized spacial score (nSPS) is 11.7. The number of hydrogen-bond donors (Lipinski definition) is 2. The van der Waals surface area contributed by atoms with Crippen LogP contribution in [0.25, 0.3) is 0 Å². The van der Waals surface area contributed by atoms with Gasteiger partial charge in [0, 0.05) is 11.1 Å². The average molecular weight is 370 g/mol. The number of carboxylic acids is 1. The van der Waals surface area contributed by atoms with Gasteiger partial charge < -0.3 is 14.9 Å². The number of ether oxygens (including phenoxy) is 1. The third-order valence-corrected chi connectivity index (χ3v) is 3.99. The summed E-state index contributed by atoms with van der Waals surface area (Å²) in [4.78, 5) is 35.7. The maximum absolute atomic E-state index is 12.7. The van der Waals surface area contributed by atoms with Crippen LogP contribution < -0.4 is 4.74 Å². The zero-order valence-electron chi connectivity index (χ0n) is 15.6. The van der Waals surface area contributed by atoms with Crippen molar-refractivity contribution in [3.63, 3.8) is 0 Å². The topological polar surface area (TPSA) is 101 Å². The van der Waals surface area contributed by atoms with Crippen molar-refractivity contribution in [3.8, 4) is 5.75 Å². The van der Waals surface area contributed by atoms with Gasteiger partial charge in [-0.3, -0.25) is 9.59 Å². The van der Waals surface area contributed by atoms with Gasteiger partial charge in [0.25, 0.3) is 0 Å². The van der Waals surface area contributed by atoms with Crippen LogP contribution in [-0.4, -0.2) is 39.0 Å². The molecule has 0 spiro atoms. The Labute approximate surface area is 157 Å². The van der Waals surface area contributed by atoms with Gasteiger partial charge in [-0.1, -0.05) is 12.1 Å². The molecular weight excluding hydrogens is 348 g/mol. The van der Waals surface area contributed by atoms with Crippen LogP contribution in [0.3, 0.4) is 0 Å². The van der Waals surface area contributed by atoms with E-state index in [1.807, 2.05) is 0 Å². The van der Waals surface area contributed by atoms with Crippen molar-refractivity contribution in [2.45, 2.75) is 38.9 Å². The highest BCUT2D eigenvalue weighted by atomic mass is 16.5. The quantitative estimate of drug-likeness (QED) is 0.725. The van der Waals surface area contributed by atoms with Crippen molar-refractivity contribution in [3.05, 3.63) is 65.2 Å². The molecule has 2 aromatic carbocycles. The van der Waals surface area contributed by atoms with E-state index in [0.29, 0.717) is 16.9 Å². The second kappa shape index (κ2) is 7.32. The summed E-state index contributed by atoms with van der Waals surface area (Å²) in [6, 6.07) is 11.8. The fraction of sp³-hybridized carbons (Fsp3) is 0.286. The van der Waals surface area contributed by atoms with E-state index < -0.39 is 23.0 Å². The third kappa shape index (κ3) is 4.80. The van der Waals surface area contributed by atoms with Crippen LogP contribution in [-0.2, 0) is 0 Å².